The molecule has 2 fully saturated rings. The van der Waals surface area contributed by atoms with Crippen molar-refractivity contribution < 1.29 is 14.3 Å². The molecular formula is C16H18N2O3. The molecule has 1 saturated carbocycles. The number of fused-ring (bicyclic) bond motifs is 2. The number of hydrogen-bond donors (Lipinski definition) is 1. The number of aromatic nitrogens is 1. The molecule has 2 heterocycles. The molecule has 1 aromatic heterocycles. The van der Waals surface area contributed by atoms with Crippen molar-refractivity contribution >= 4 is 23.1 Å². The predicted molar refractivity (Wildman–Crippen MR) is 78.7 cm³/mol. The number of hydrogen-bond acceptors (Lipinski definition) is 4. The second-order valence-corrected chi connectivity index (χ2v) is 6.08. The van der Waals surface area contributed by atoms with E-state index in [9.17, 15) is 4.79 Å². The van der Waals surface area contributed by atoms with Crippen LogP contribution in [0.15, 0.2) is 22.6 Å². The second-order valence-electron chi connectivity index (χ2n) is 6.08. The molecule has 0 amide bonds. The Morgan fingerprint density at radius 3 is 3.00 bits per heavy atom. The molecule has 2 atom stereocenters. The summed E-state index contributed by atoms with van der Waals surface area (Å²) in [6.45, 7) is 0.986. The van der Waals surface area contributed by atoms with Gasteiger partial charge in [0.25, 0.3) is 6.01 Å². The summed E-state index contributed by atoms with van der Waals surface area (Å²) >= 11 is 0. The van der Waals surface area contributed by atoms with E-state index < -0.39 is 5.97 Å². The van der Waals surface area contributed by atoms with E-state index in [-0.39, 0.29) is 5.56 Å². The van der Waals surface area contributed by atoms with Gasteiger partial charge in [0.1, 0.15) is 5.52 Å². The maximum Gasteiger partial charge on any atom is 0.335 e. The van der Waals surface area contributed by atoms with Crippen molar-refractivity contribution in [3.63, 3.8) is 0 Å². The van der Waals surface area contributed by atoms with E-state index in [4.69, 9.17) is 9.52 Å². The van der Waals surface area contributed by atoms with E-state index in [0.29, 0.717) is 17.6 Å². The number of piperidine rings is 1. The Hall–Kier alpha value is -2.04. The van der Waals surface area contributed by atoms with Crippen LogP contribution in [0.2, 0.25) is 0 Å². The zero-order valence-corrected chi connectivity index (χ0v) is 11.8. The number of oxazole rings is 1. The maximum absolute atomic E-state index is 11.0. The highest BCUT2D eigenvalue weighted by molar-refractivity contribution is 5.92. The molecule has 2 unspecified atom stereocenters. The largest absolute Gasteiger partial charge is 0.478 e. The predicted octanol–water partition coefficient (Wildman–Crippen LogP) is 3.29. The number of nitrogens with zero attached hydrogens (tertiary/aromatic N) is 2. The molecule has 0 spiro atoms. The SMILES string of the molecule is O=C(O)c1ccc2nc(N3CCCC4CCCC43)oc2c1. The third-order valence-corrected chi connectivity index (χ3v) is 4.86. The van der Waals surface area contributed by atoms with Crippen molar-refractivity contribution in [2.75, 3.05) is 11.4 Å². The molecule has 0 radical (unpaired) electrons. The van der Waals surface area contributed by atoms with Crippen LogP contribution in [0.25, 0.3) is 11.1 Å². The zero-order chi connectivity index (χ0) is 14.4. The third-order valence-electron chi connectivity index (χ3n) is 4.86. The molecule has 0 bridgehead atoms. The van der Waals surface area contributed by atoms with E-state index in [1.807, 2.05) is 0 Å². The summed E-state index contributed by atoms with van der Waals surface area (Å²) < 4.78 is 5.86. The quantitative estimate of drug-likeness (QED) is 0.917. The first-order valence-electron chi connectivity index (χ1n) is 7.63. The van der Waals surface area contributed by atoms with Crippen molar-refractivity contribution in [2.24, 2.45) is 5.92 Å². The van der Waals surface area contributed by atoms with Crippen LogP contribution in [0.1, 0.15) is 42.5 Å². The van der Waals surface area contributed by atoms with Crippen LogP contribution in [-0.4, -0.2) is 28.6 Å². The monoisotopic (exact) mass is 286 g/mol. The van der Waals surface area contributed by atoms with Gasteiger partial charge >= 0.3 is 5.97 Å². The minimum Gasteiger partial charge on any atom is -0.478 e. The fourth-order valence-corrected chi connectivity index (χ4v) is 3.86. The number of rotatable bonds is 2. The van der Waals surface area contributed by atoms with Gasteiger partial charge in [-0.1, -0.05) is 6.42 Å². The lowest BCUT2D eigenvalue weighted by Crippen LogP contribution is -2.42. The van der Waals surface area contributed by atoms with Crippen molar-refractivity contribution in [3.05, 3.63) is 23.8 Å². The third kappa shape index (κ3) is 2.07. The summed E-state index contributed by atoms with van der Waals surface area (Å²) in [4.78, 5) is 17.9. The number of carboxylic acids is 1. The zero-order valence-electron chi connectivity index (χ0n) is 11.8. The fourth-order valence-electron chi connectivity index (χ4n) is 3.86. The van der Waals surface area contributed by atoms with Crippen LogP contribution in [0, 0.1) is 5.92 Å². The average molecular weight is 286 g/mol. The molecule has 1 N–H and O–H groups in total. The van der Waals surface area contributed by atoms with Crippen molar-refractivity contribution in [3.8, 4) is 0 Å². The molecule has 2 aliphatic rings. The molecule has 2 aromatic rings. The molecule has 21 heavy (non-hydrogen) atoms. The Morgan fingerprint density at radius 1 is 1.29 bits per heavy atom. The van der Waals surface area contributed by atoms with E-state index >= 15 is 0 Å². The first-order valence-corrected chi connectivity index (χ1v) is 7.63. The van der Waals surface area contributed by atoms with Crippen LogP contribution in [0.3, 0.4) is 0 Å². The topological polar surface area (TPSA) is 66.6 Å². The highest BCUT2D eigenvalue weighted by atomic mass is 16.4. The van der Waals surface area contributed by atoms with Crippen molar-refractivity contribution in [1.82, 2.24) is 4.98 Å². The van der Waals surface area contributed by atoms with Crippen LogP contribution >= 0.6 is 0 Å². The Bertz CT molecular complexity index is 694. The van der Waals surface area contributed by atoms with Gasteiger partial charge in [-0.15, -0.1) is 0 Å². The van der Waals surface area contributed by atoms with E-state index in [2.05, 4.69) is 9.88 Å². The Balaban J connectivity index is 1.71. The maximum atomic E-state index is 11.0. The lowest BCUT2D eigenvalue weighted by atomic mass is 9.92. The lowest BCUT2D eigenvalue weighted by Gasteiger charge is -2.36. The van der Waals surface area contributed by atoms with Gasteiger partial charge in [-0.05, 0) is 49.8 Å². The van der Waals surface area contributed by atoms with Gasteiger partial charge in [0, 0.05) is 12.6 Å². The smallest absolute Gasteiger partial charge is 0.335 e. The van der Waals surface area contributed by atoms with Crippen LogP contribution in [0.5, 0.6) is 0 Å². The highest BCUT2D eigenvalue weighted by Crippen LogP contribution is 2.39. The minimum atomic E-state index is -0.941. The van der Waals surface area contributed by atoms with Gasteiger partial charge in [-0.2, -0.15) is 4.98 Å². The summed E-state index contributed by atoms with van der Waals surface area (Å²) in [6.07, 6.45) is 6.30. The van der Waals surface area contributed by atoms with Gasteiger partial charge < -0.3 is 14.4 Å². The molecule has 110 valence electrons. The Kier molecular flexibility index (Phi) is 2.87. The number of benzene rings is 1. The van der Waals surface area contributed by atoms with Gasteiger partial charge in [0.15, 0.2) is 5.58 Å². The second kappa shape index (κ2) is 4.76. The van der Waals surface area contributed by atoms with Gasteiger partial charge in [-0.3, -0.25) is 0 Å². The van der Waals surface area contributed by atoms with Crippen LogP contribution < -0.4 is 4.90 Å². The van der Waals surface area contributed by atoms with Gasteiger partial charge in [0.05, 0.1) is 5.56 Å². The minimum absolute atomic E-state index is 0.239. The summed E-state index contributed by atoms with van der Waals surface area (Å²) in [5.74, 6) is -0.174. The Morgan fingerprint density at radius 2 is 2.14 bits per heavy atom. The molecule has 1 aliphatic carbocycles. The Labute approximate surface area is 122 Å². The molecule has 1 aliphatic heterocycles. The molecule has 1 saturated heterocycles. The molecular weight excluding hydrogens is 268 g/mol. The molecule has 4 rings (SSSR count). The number of aromatic carboxylic acids is 1. The molecule has 5 nitrogen and oxygen atoms in total. The number of carboxylic acid groups (broad SMARTS) is 1. The summed E-state index contributed by atoms with van der Waals surface area (Å²) in [5.41, 5.74) is 1.53. The lowest BCUT2D eigenvalue weighted by molar-refractivity contribution is 0.0697. The molecule has 1 aromatic carbocycles. The number of anilines is 1. The first-order chi connectivity index (χ1) is 10.2. The van der Waals surface area contributed by atoms with Crippen LogP contribution in [-0.2, 0) is 0 Å². The van der Waals surface area contributed by atoms with Crippen LogP contribution in [0.4, 0.5) is 6.01 Å². The van der Waals surface area contributed by atoms with Gasteiger partial charge in [-0.25, -0.2) is 4.79 Å². The first kappa shape index (κ1) is 12.7. The van der Waals surface area contributed by atoms with Crippen molar-refractivity contribution in [1.29, 1.82) is 0 Å². The van der Waals surface area contributed by atoms with E-state index in [0.717, 1.165) is 18.0 Å². The standard InChI is InChI=1S/C16H18N2O3/c19-15(20)11-6-7-12-14(9-11)21-16(17-12)18-8-2-4-10-3-1-5-13(10)18/h6-7,9-10,13H,1-5,8H2,(H,19,20). The van der Waals surface area contributed by atoms with E-state index in [1.165, 1.54) is 32.1 Å². The summed E-state index contributed by atoms with van der Waals surface area (Å²) in [5, 5.41) is 9.05. The fraction of sp³-hybridized carbons (Fsp3) is 0.500. The van der Waals surface area contributed by atoms with E-state index in [1.54, 1.807) is 18.2 Å². The molecule has 5 heteroatoms. The van der Waals surface area contributed by atoms with Crippen molar-refractivity contribution in [2.45, 2.75) is 38.1 Å². The summed E-state index contributed by atoms with van der Waals surface area (Å²) in [6, 6.07) is 6.06. The highest BCUT2D eigenvalue weighted by Gasteiger charge is 2.37. The number of carbonyl (C=O) groups is 1. The average Bonchev–Trinajstić information content (AvgIpc) is 3.12. The summed E-state index contributed by atoms with van der Waals surface area (Å²) in [7, 11) is 0. The van der Waals surface area contributed by atoms with Gasteiger partial charge in [0.2, 0.25) is 0 Å². The normalized spacial score (nSPS) is 25.2.